The number of hydrogen-bond acceptors (Lipinski definition) is 4. The minimum absolute atomic E-state index is 0.00309. The number of amides is 4. The van der Waals surface area contributed by atoms with E-state index in [1.165, 1.54) is 22.5 Å². The van der Waals surface area contributed by atoms with E-state index < -0.39 is 41.9 Å². The first-order valence-electron chi connectivity index (χ1n) is 10.4. The molecule has 1 unspecified atom stereocenters. The van der Waals surface area contributed by atoms with E-state index in [2.05, 4.69) is 5.32 Å². The maximum atomic E-state index is 12.7. The maximum absolute atomic E-state index is 12.7. The Bertz CT molecular complexity index is 1090. The summed E-state index contributed by atoms with van der Waals surface area (Å²) in [6, 6.07) is 9.34. The van der Waals surface area contributed by atoms with Gasteiger partial charge >= 0.3 is 24.3 Å². The normalized spacial score (nSPS) is 16.3. The van der Waals surface area contributed by atoms with E-state index in [4.69, 9.17) is 4.74 Å². The van der Waals surface area contributed by atoms with Gasteiger partial charge in [0.05, 0.1) is 18.3 Å². The van der Waals surface area contributed by atoms with Crippen LogP contribution in [0.15, 0.2) is 48.5 Å². The van der Waals surface area contributed by atoms with Crippen molar-refractivity contribution < 1.29 is 45.5 Å². The number of halogens is 6. The summed E-state index contributed by atoms with van der Waals surface area (Å²) in [4.78, 5) is 36.6. The number of rotatable bonds is 4. The molecule has 2 aromatic rings. The van der Waals surface area contributed by atoms with Gasteiger partial charge in [-0.3, -0.25) is 20.4 Å². The second kappa shape index (κ2) is 10.8. The van der Waals surface area contributed by atoms with Crippen molar-refractivity contribution in [1.29, 1.82) is 0 Å². The molecule has 36 heavy (non-hydrogen) atoms. The second-order valence-corrected chi connectivity index (χ2v) is 7.75. The first-order valence-corrected chi connectivity index (χ1v) is 10.4. The van der Waals surface area contributed by atoms with Gasteiger partial charge < -0.3 is 15.0 Å². The van der Waals surface area contributed by atoms with Crippen LogP contribution in [0, 0.1) is 0 Å². The summed E-state index contributed by atoms with van der Waals surface area (Å²) in [6.45, 7) is 0.689. The van der Waals surface area contributed by atoms with Crippen LogP contribution in [0.4, 0.5) is 36.8 Å². The predicted molar refractivity (Wildman–Crippen MR) is 114 cm³/mol. The molecule has 8 nitrogen and oxygen atoms in total. The van der Waals surface area contributed by atoms with Gasteiger partial charge in [-0.2, -0.15) is 26.3 Å². The molecular formula is C22H20F6N4O4. The molecule has 0 spiro atoms. The van der Waals surface area contributed by atoms with Crippen molar-refractivity contribution in [1.82, 2.24) is 15.8 Å². The average molecular weight is 518 g/mol. The smallest absolute Gasteiger partial charge is 0.374 e. The fourth-order valence-corrected chi connectivity index (χ4v) is 3.28. The minimum atomic E-state index is -5.14. The van der Waals surface area contributed by atoms with E-state index >= 15 is 0 Å². The number of nitrogens with one attached hydrogen (secondary N) is 3. The Labute approximate surface area is 200 Å². The number of ether oxygens (including phenoxy) is 1. The molecule has 1 fully saturated rings. The van der Waals surface area contributed by atoms with Crippen molar-refractivity contribution in [2.24, 2.45) is 0 Å². The van der Waals surface area contributed by atoms with Crippen LogP contribution >= 0.6 is 0 Å². The van der Waals surface area contributed by atoms with Gasteiger partial charge in [-0.15, -0.1) is 0 Å². The second-order valence-electron chi connectivity index (χ2n) is 7.75. The lowest BCUT2D eigenvalue weighted by atomic mass is 10.0. The van der Waals surface area contributed by atoms with Gasteiger partial charge in [-0.1, -0.05) is 12.1 Å². The Kier molecular flexibility index (Phi) is 8.07. The van der Waals surface area contributed by atoms with Crippen LogP contribution in [0.5, 0.6) is 0 Å². The number of hydrogen-bond donors (Lipinski definition) is 3. The largest absolute Gasteiger partial charge is 0.472 e. The Balaban J connectivity index is 1.51. The average Bonchev–Trinajstić information content (AvgIpc) is 2.82. The van der Waals surface area contributed by atoms with E-state index in [1.807, 2.05) is 0 Å². The van der Waals surface area contributed by atoms with E-state index in [-0.39, 0.29) is 30.9 Å². The quantitative estimate of drug-likeness (QED) is 0.426. The van der Waals surface area contributed by atoms with Gasteiger partial charge in [0.1, 0.15) is 0 Å². The molecule has 0 radical (unpaired) electrons. The van der Waals surface area contributed by atoms with E-state index in [0.29, 0.717) is 12.0 Å². The molecule has 1 atom stereocenters. The van der Waals surface area contributed by atoms with Crippen LogP contribution in [-0.2, 0) is 22.1 Å². The summed E-state index contributed by atoms with van der Waals surface area (Å²) in [5, 5.41) is 2.54. The number of anilines is 1. The van der Waals surface area contributed by atoms with Gasteiger partial charge in [0.25, 0.3) is 5.91 Å². The summed E-state index contributed by atoms with van der Waals surface area (Å²) in [6.07, 6.45) is -9.69. The van der Waals surface area contributed by atoms with Crippen molar-refractivity contribution in [2.75, 3.05) is 25.0 Å². The molecule has 3 rings (SSSR count). The van der Waals surface area contributed by atoms with Crippen molar-refractivity contribution in [3.63, 3.8) is 0 Å². The van der Waals surface area contributed by atoms with Crippen LogP contribution in [0.2, 0.25) is 0 Å². The molecule has 1 saturated heterocycles. The monoisotopic (exact) mass is 518 g/mol. The van der Waals surface area contributed by atoms with Gasteiger partial charge in [-0.25, -0.2) is 4.79 Å². The van der Waals surface area contributed by atoms with Gasteiger partial charge in [-0.05, 0) is 42.0 Å². The topological polar surface area (TPSA) is 99.8 Å². The standard InChI is InChI=1S/C22H20F6N4O4/c23-21(24,25)15-5-7-16(8-6-15)29-20(35)32-9-10-36-17(12-32)11-13-1-3-14(4-2-13)18(33)30-31-19(34)22(26,27)28/h1-8,17H,9-12H2,(H,29,35)(H,30,33)(H,31,34). The van der Waals surface area contributed by atoms with Gasteiger partial charge in [0.2, 0.25) is 0 Å². The molecule has 14 heteroatoms. The van der Waals surface area contributed by atoms with Crippen molar-refractivity contribution in [3.8, 4) is 0 Å². The summed E-state index contributed by atoms with van der Waals surface area (Å²) >= 11 is 0. The molecule has 194 valence electrons. The van der Waals surface area contributed by atoms with Crippen LogP contribution in [0.25, 0.3) is 0 Å². The molecular weight excluding hydrogens is 498 g/mol. The van der Waals surface area contributed by atoms with Crippen molar-refractivity contribution in [3.05, 3.63) is 65.2 Å². The zero-order chi connectivity index (χ0) is 26.5. The molecule has 4 amide bonds. The fraction of sp³-hybridized carbons (Fsp3) is 0.318. The lowest BCUT2D eigenvalue weighted by Crippen LogP contribution is -2.48. The molecule has 3 N–H and O–H groups in total. The molecule has 1 aliphatic rings. The summed E-state index contributed by atoms with van der Waals surface area (Å²) < 4.78 is 80.2. The van der Waals surface area contributed by atoms with Crippen LogP contribution in [0.1, 0.15) is 21.5 Å². The molecule has 0 aromatic heterocycles. The third kappa shape index (κ3) is 7.34. The lowest BCUT2D eigenvalue weighted by molar-refractivity contribution is -0.174. The van der Waals surface area contributed by atoms with E-state index in [9.17, 15) is 40.7 Å². The molecule has 1 aliphatic heterocycles. The number of benzene rings is 2. The van der Waals surface area contributed by atoms with E-state index in [1.54, 1.807) is 17.6 Å². The number of carbonyl (C=O) groups excluding carboxylic acids is 3. The number of hydrazine groups is 1. The Hall–Kier alpha value is -3.81. The number of nitrogens with zero attached hydrogens (tertiary/aromatic N) is 1. The minimum Gasteiger partial charge on any atom is -0.374 e. The zero-order valence-electron chi connectivity index (χ0n) is 18.4. The number of urea groups is 1. The first kappa shape index (κ1) is 26.8. The molecule has 0 bridgehead atoms. The van der Waals surface area contributed by atoms with Crippen LogP contribution < -0.4 is 16.2 Å². The Morgan fingerprint density at radius 3 is 2.14 bits per heavy atom. The molecule has 1 heterocycles. The van der Waals surface area contributed by atoms with Gasteiger partial charge in [0, 0.05) is 30.8 Å². The van der Waals surface area contributed by atoms with Gasteiger partial charge in [0.15, 0.2) is 0 Å². The first-order chi connectivity index (χ1) is 16.8. The predicted octanol–water partition coefficient (Wildman–Crippen LogP) is 3.50. The SMILES string of the molecule is O=C(NNC(=O)C(F)(F)F)c1ccc(CC2CN(C(=O)Nc3ccc(C(F)(F)F)cc3)CCO2)cc1. The third-order valence-electron chi connectivity index (χ3n) is 5.12. The highest BCUT2D eigenvalue weighted by Crippen LogP contribution is 2.30. The maximum Gasteiger partial charge on any atom is 0.472 e. The number of alkyl halides is 6. The van der Waals surface area contributed by atoms with Crippen molar-refractivity contribution in [2.45, 2.75) is 24.9 Å². The Morgan fingerprint density at radius 2 is 1.56 bits per heavy atom. The highest BCUT2D eigenvalue weighted by molar-refractivity contribution is 5.95. The highest BCUT2D eigenvalue weighted by atomic mass is 19.4. The third-order valence-corrected chi connectivity index (χ3v) is 5.12. The summed E-state index contributed by atoms with van der Waals surface area (Å²) in [5.74, 6) is -3.26. The molecule has 0 saturated carbocycles. The van der Waals surface area contributed by atoms with Crippen LogP contribution in [-0.4, -0.2) is 54.7 Å². The molecule has 0 aliphatic carbocycles. The summed E-state index contributed by atoms with van der Waals surface area (Å²) in [5.41, 5.74) is 3.02. The zero-order valence-corrected chi connectivity index (χ0v) is 18.4. The van der Waals surface area contributed by atoms with E-state index in [0.717, 1.165) is 24.3 Å². The molecule has 2 aromatic carbocycles. The highest BCUT2D eigenvalue weighted by Gasteiger charge is 2.39. The van der Waals surface area contributed by atoms with Crippen molar-refractivity contribution >= 4 is 23.5 Å². The van der Waals surface area contributed by atoms with Crippen LogP contribution in [0.3, 0.4) is 0 Å². The lowest BCUT2D eigenvalue weighted by Gasteiger charge is -2.33. The number of carbonyl (C=O) groups is 3. The summed E-state index contributed by atoms with van der Waals surface area (Å²) in [7, 11) is 0. The Morgan fingerprint density at radius 1 is 0.917 bits per heavy atom. The fourth-order valence-electron chi connectivity index (χ4n) is 3.28. The number of morpholine rings is 1.